The minimum atomic E-state index is -1.17. The maximum atomic E-state index is 12.9. The third-order valence-electron chi connectivity index (χ3n) is 2.82. The van der Waals surface area contributed by atoms with Crippen molar-refractivity contribution in [1.29, 1.82) is 0 Å². The molecule has 0 aliphatic rings. The van der Waals surface area contributed by atoms with E-state index in [4.69, 9.17) is 0 Å². The Balaban J connectivity index is 2.70. The number of hydrogen-bond acceptors (Lipinski definition) is 4. The van der Waals surface area contributed by atoms with Gasteiger partial charge in [0, 0.05) is 15.5 Å². The zero-order valence-electron chi connectivity index (χ0n) is 13.4. The lowest BCUT2D eigenvalue weighted by atomic mass is 9.91. The molecule has 114 valence electrons. The summed E-state index contributed by atoms with van der Waals surface area (Å²) in [4.78, 5) is 0.813. The molecule has 1 heterocycles. The van der Waals surface area contributed by atoms with Crippen LogP contribution >= 0.6 is 10.8 Å². The topological polar surface area (TPSA) is 42.9 Å². The first-order chi connectivity index (χ1) is 9.59. The van der Waals surface area contributed by atoms with Crippen LogP contribution in [0.5, 0.6) is 0 Å². The van der Waals surface area contributed by atoms with Gasteiger partial charge in [-0.1, -0.05) is 70.5 Å². The van der Waals surface area contributed by atoms with Gasteiger partial charge in [0.25, 0.3) is 0 Å². The first-order valence-corrected chi connectivity index (χ1v) is 9.45. The number of nitrogens with zero attached hydrogens (tertiary/aromatic N) is 2. The molecule has 0 fully saturated rings. The van der Waals surface area contributed by atoms with Crippen LogP contribution in [0.15, 0.2) is 29.2 Å². The normalized spacial score (nSPS) is 14.4. The van der Waals surface area contributed by atoms with Crippen molar-refractivity contribution in [2.45, 2.75) is 56.6 Å². The molecular formula is C16H22N2OS2. The lowest BCUT2D eigenvalue weighted by molar-refractivity contribution is 0.546. The molecular weight excluding hydrogens is 300 g/mol. The highest BCUT2D eigenvalue weighted by atomic mass is 33.1. The molecule has 1 atom stereocenters. The summed E-state index contributed by atoms with van der Waals surface area (Å²) in [6, 6.07) is 7.78. The quantitative estimate of drug-likeness (QED) is 0.765. The van der Waals surface area contributed by atoms with Gasteiger partial charge in [0.1, 0.15) is 9.83 Å². The maximum Gasteiger partial charge on any atom is 0.116 e. The van der Waals surface area contributed by atoms with Gasteiger partial charge >= 0.3 is 0 Å². The molecule has 1 aromatic carbocycles. The van der Waals surface area contributed by atoms with Gasteiger partial charge in [0.05, 0.1) is 16.1 Å². The second-order valence-electron chi connectivity index (χ2n) is 7.08. The van der Waals surface area contributed by atoms with E-state index in [1.807, 2.05) is 24.3 Å². The molecule has 0 aliphatic heterocycles. The minimum absolute atomic E-state index is 0.0790. The summed E-state index contributed by atoms with van der Waals surface area (Å²) in [6.45, 7) is 12.5. The molecule has 0 saturated carbocycles. The maximum absolute atomic E-state index is 12.9. The van der Waals surface area contributed by atoms with Crippen LogP contribution in [0.2, 0.25) is 0 Å². The van der Waals surface area contributed by atoms with Gasteiger partial charge in [-0.3, -0.25) is 0 Å². The van der Waals surface area contributed by atoms with Gasteiger partial charge in [-0.25, -0.2) is 4.21 Å². The second kappa shape index (κ2) is 5.69. The van der Waals surface area contributed by atoms with Crippen molar-refractivity contribution in [2.75, 3.05) is 0 Å². The molecule has 21 heavy (non-hydrogen) atoms. The van der Waals surface area contributed by atoms with Gasteiger partial charge in [0.15, 0.2) is 0 Å². The second-order valence-corrected chi connectivity index (χ2v) is 10.8. The van der Waals surface area contributed by atoms with E-state index in [1.165, 1.54) is 10.8 Å². The van der Waals surface area contributed by atoms with Crippen molar-refractivity contribution in [3.8, 4) is 0 Å². The molecule has 0 saturated heterocycles. The predicted octanol–water partition coefficient (Wildman–Crippen LogP) is 4.48. The summed E-state index contributed by atoms with van der Waals surface area (Å²) in [6.07, 6.45) is 0. The van der Waals surface area contributed by atoms with Crippen LogP contribution in [0, 0.1) is 0 Å². The molecule has 1 unspecified atom stereocenters. The summed E-state index contributed by atoms with van der Waals surface area (Å²) < 4.78 is 12.9. The number of fused-ring (bicyclic) bond motifs is 1. The van der Waals surface area contributed by atoms with Crippen LogP contribution < -0.4 is 0 Å². The first kappa shape index (κ1) is 16.4. The summed E-state index contributed by atoms with van der Waals surface area (Å²) >= 11 is 0. The average Bonchev–Trinajstić information content (AvgIpc) is 2.34. The van der Waals surface area contributed by atoms with Gasteiger partial charge in [-0.05, 0) is 6.07 Å². The highest BCUT2D eigenvalue weighted by molar-refractivity contribution is 8.69. The lowest BCUT2D eigenvalue weighted by Gasteiger charge is -2.23. The molecule has 1 aromatic heterocycles. The zero-order chi connectivity index (χ0) is 15.8. The minimum Gasteiger partial charge on any atom is -0.242 e. The average molecular weight is 322 g/mol. The number of benzene rings is 1. The molecule has 0 radical (unpaired) electrons. The van der Waals surface area contributed by atoms with Crippen molar-refractivity contribution < 1.29 is 4.21 Å². The first-order valence-electron chi connectivity index (χ1n) is 6.97. The van der Waals surface area contributed by atoms with Crippen LogP contribution in [0.1, 0.15) is 47.2 Å². The number of aromatic nitrogens is 2. The Hall–Kier alpha value is -0.940. The van der Waals surface area contributed by atoms with E-state index in [2.05, 4.69) is 51.7 Å². The fourth-order valence-electron chi connectivity index (χ4n) is 1.96. The highest BCUT2D eigenvalue weighted by Gasteiger charge is 2.28. The van der Waals surface area contributed by atoms with Gasteiger partial charge in [0.2, 0.25) is 0 Å². The van der Waals surface area contributed by atoms with Crippen molar-refractivity contribution in [3.63, 3.8) is 0 Å². The van der Waals surface area contributed by atoms with Crippen LogP contribution in [0.25, 0.3) is 10.9 Å². The van der Waals surface area contributed by atoms with E-state index < -0.39 is 9.83 Å². The third kappa shape index (κ3) is 3.83. The SMILES string of the molecule is CC(C)(C)SS(=O)c1c(C(C)(C)C)nnc2ccccc12. The molecule has 2 aromatic rings. The molecule has 0 spiro atoms. The van der Waals surface area contributed by atoms with E-state index in [-0.39, 0.29) is 10.2 Å². The Bertz CT molecular complexity index is 685. The van der Waals surface area contributed by atoms with Gasteiger partial charge in [-0.2, -0.15) is 10.2 Å². The largest absolute Gasteiger partial charge is 0.242 e. The third-order valence-corrected chi connectivity index (χ3v) is 6.68. The van der Waals surface area contributed by atoms with Crippen molar-refractivity contribution >= 4 is 31.5 Å². The Morgan fingerprint density at radius 3 is 2.19 bits per heavy atom. The van der Waals surface area contributed by atoms with E-state index in [9.17, 15) is 4.21 Å². The molecule has 0 bridgehead atoms. The monoisotopic (exact) mass is 322 g/mol. The molecule has 5 heteroatoms. The summed E-state index contributed by atoms with van der Waals surface area (Å²) in [5, 5.41) is 9.60. The number of hydrogen-bond donors (Lipinski definition) is 0. The van der Waals surface area contributed by atoms with Gasteiger partial charge in [-0.15, -0.1) is 0 Å². The van der Waals surface area contributed by atoms with Crippen molar-refractivity contribution in [3.05, 3.63) is 30.0 Å². The summed E-state index contributed by atoms with van der Waals surface area (Å²) in [5.74, 6) is 0. The Labute approximate surface area is 132 Å². The fourth-order valence-corrected chi connectivity index (χ4v) is 5.47. The zero-order valence-corrected chi connectivity index (χ0v) is 15.1. The molecule has 0 amide bonds. The highest BCUT2D eigenvalue weighted by Crippen LogP contribution is 2.38. The summed E-state index contributed by atoms with van der Waals surface area (Å²) in [5.41, 5.74) is 1.42. The fraction of sp³-hybridized carbons (Fsp3) is 0.500. The molecule has 0 N–H and O–H groups in total. The van der Waals surface area contributed by atoms with Crippen molar-refractivity contribution in [2.24, 2.45) is 0 Å². The van der Waals surface area contributed by atoms with E-state index in [0.717, 1.165) is 21.5 Å². The van der Waals surface area contributed by atoms with Crippen molar-refractivity contribution in [1.82, 2.24) is 10.2 Å². The van der Waals surface area contributed by atoms with Crippen LogP contribution in [0.3, 0.4) is 0 Å². The van der Waals surface area contributed by atoms with Gasteiger partial charge < -0.3 is 0 Å². The smallest absolute Gasteiger partial charge is 0.116 e. The van der Waals surface area contributed by atoms with E-state index in [0.29, 0.717) is 0 Å². The number of rotatable bonds is 2. The Morgan fingerprint density at radius 1 is 1.00 bits per heavy atom. The standard InChI is InChI=1S/C16H22N2OS2/c1-15(2,3)14-13(21(19)20-16(4,5)6)11-9-7-8-10-12(11)17-18-14/h7-10H,1-6H3. The van der Waals surface area contributed by atoms with Crippen LogP contribution in [-0.2, 0) is 15.2 Å². The van der Waals surface area contributed by atoms with E-state index in [1.54, 1.807) is 0 Å². The lowest BCUT2D eigenvalue weighted by Crippen LogP contribution is -2.19. The van der Waals surface area contributed by atoms with E-state index >= 15 is 0 Å². The summed E-state index contributed by atoms with van der Waals surface area (Å²) in [7, 11) is 0.288. The van der Waals surface area contributed by atoms with Crippen LogP contribution in [0.4, 0.5) is 0 Å². The molecule has 0 aliphatic carbocycles. The Morgan fingerprint density at radius 2 is 1.62 bits per heavy atom. The molecule has 2 rings (SSSR count). The molecule has 3 nitrogen and oxygen atoms in total. The predicted molar refractivity (Wildman–Crippen MR) is 92.0 cm³/mol. The van der Waals surface area contributed by atoms with Crippen LogP contribution in [-0.4, -0.2) is 19.2 Å². The Kier molecular flexibility index (Phi) is 4.45.